The third-order valence-corrected chi connectivity index (χ3v) is 28.6. The van der Waals surface area contributed by atoms with E-state index < -0.39 is 0 Å². The third kappa shape index (κ3) is 29.0. The highest BCUT2D eigenvalue weighted by atomic mass is 31.1. The maximum absolute atomic E-state index is 11.1. The quantitative estimate of drug-likeness (QED) is 0.0250. The van der Waals surface area contributed by atoms with E-state index in [2.05, 4.69) is 339 Å². The number of aryl methyl sites for hydroxylation is 10. The standard InChI is InChI=1S/C24H36NOP.2C21H30NOP.C18H24NOP.C17H22NOP/c1-9-25-15-17-12-10-11-16(2)22(17)27-20-14-18(23(3,4)5)13-19(21(20)26)24(6,7)8;1-7-22-13-16-10-8-9-15(3)20(16)24-18-12-14(2)11-17(19(18)23)21(4,5)6;1-7-22-13-16-10-8-9-14(2)20(16)24-18-12-17(21(4,5)6)11-15(3)19(18)23;1-5-19-11-15-8-6-7-13(3)18(15)21-16-10-12(2)9-14(4)17(16)20;1-4-18-11-14-7-5-6-13(3)17(14)20-16-10-12(2)8-9-15(16)19/h10-14,25-27H,9,15H2,1-8H3;2*8-12,22-24H,7,13H2,1-6H3;6-10,19-21H,5,11H2,1-4H3;5-10,18-20H,4,11H2,1-3H3. The van der Waals surface area contributed by atoms with Crippen LogP contribution in [0.15, 0.2) is 158 Å². The van der Waals surface area contributed by atoms with Gasteiger partial charge in [-0.3, -0.25) is 0 Å². The molecular formula is C101H142N5O5P5. The Morgan fingerprint density at radius 3 is 0.819 bits per heavy atom. The minimum absolute atomic E-state index is 0.0469. The molecule has 0 saturated carbocycles. The van der Waals surface area contributed by atoms with Crippen molar-refractivity contribution in [1.82, 2.24) is 26.6 Å². The van der Waals surface area contributed by atoms with Crippen LogP contribution in [0.3, 0.4) is 0 Å². The summed E-state index contributed by atoms with van der Waals surface area (Å²) in [6, 6.07) is 55.2. The summed E-state index contributed by atoms with van der Waals surface area (Å²) in [5, 5.41) is 82.0. The van der Waals surface area contributed by atoms with Crippen molar-refractivity contribution in [3.63, 3.8) is 0 Å². The minimum Gasteiger partial charge on any atom is -0.507 e. The van der Waals surface area contributed by atoms with Gasteiger partial charge in [-0.05, 0) is 276 Å². The number of nitrogens with one attached hydrogen (secondary N) is 5. The first-order chi connectivity index (χ1) is 54.6. The fourth-order valence-electron chi connectivity index (χ4n) is 13.5. The van der Waals surface area contributed by atoms with Gasteiger partial charge in [0, 0.05) is 70.4 Å². The SMILES string of the molecule is CCNCc1cccc(C)c1Pc1cc(C(C)(C)C)cc(C(C)(C)C)c1O.CCNCc1cccc(C)c1Pc1cc(C(C)(C)C)cc(C)c1O.CCNCc1cccc(C)c1Pc1cc(C)cc(C(C)(C)C)c1O.CCNCc1cccc(C)c1Pc1cc(C)cc(C)c1O.CCNCc1cccc(C)c1Pc1cc(C)ccc1O. The molecule has 5 unspecified atom stereocenters. The van der Waals surface area contributed by atoms with Gasteiger partial charge < -0.3 is 52.1 Å². The van der Waals surface area contributed by atoms with Crippen molar-refractivity contribution < 1.29 is 25.5 Å². The predicted octanol–water partition coefficient (Wildman–Crippen LogP) is 18.9. The topological polar surface area (TPSA) is 161 Å². The number of aromatic hydroxyl groups is 5. The van der Waals surface area contributed by atoms with E-state index in [4.69, 9.17) is 0 Å². The molecule has 0 radical (unpaired) electrons. The van der Waals surface area contributed by atoms with Crippen molar-refractivity contribution in [2.24, 2.45) is 0 Å². The molecule has 0 fully saturated rings. The van der Waals surface area contributed by atoms with Crippen LogP contribution < -0.4 is 79.6 Å². The monoisotopic (exact) mass is 1660 g/mol. The lowest BCUT2D eigenvalue weighted by molar-refractivity contribution is 0.448. The highest BCUT2D eigenvalue weighted by molar-refractivity contribution is 7.57. The minimum atomic E-state index is -0.0943. The highest BCUT2D eigenvalue weighted by Gasteiger charge is 2.27. The Bertz CT molecular complexity index is 4810. The Hall–Kier alpha value is -6.85. The van der Waals surface area contributed by atoms with Crippen LogP contribution in [0.5, 0.6) is 28.7 Å². The Balaban J connectivity index is 0.000000226. The number of benzene rings is 10. The van der Waals surface area contributed by atoms with Crippen LogP contribution in [0.1, 0.15) is 223 Å². The predicted molar refractivity (Wildman–Crippen MR) is 520 cm³/mol. The van der Waals surface area contributed by atoms with Gasteiger partial charge in [-0.15, -0.1) is 0 Å². The molecule has 0 bridgehead atoms. The highest BCUT2D eigenvalue weighted by Crippen LogP contribution is 2.39. The second kappa shape index (κ2) is 45.5. The van der Waals surface area contributed by atoms with E-state index in [1.165, 1.54) is 110 Å². The van der Waals surface area contributed by atoms with Gasteiger partial charge in [-0.1, -0.05) is 287 Å². The van der Waals surface area contributed by atoms with Gasteiger partial charge in [0.1, 0.15) is 28.7 Å². The van der Waals surface area contributed by atoms with E-state index in [1.54, 1.807) is 6.07 Å². The first kappa shape index (κ1) is 98.0. The first-order valence-corrected chi connectivity index (χ1v) is 46.5. The van der Waals surface area contributed by atoms with Crippen LogP contribution in [0, 0.1) is 69.2 Å². The second-order valence-electron chi connectivity index (χ2n) is 34.9. The number of phenolic OH excluding ortho intramolecular Hbond substituents is 5. The fourth-order valence-corrected chi connectivity index (χ4v) is 20.7. The van der Waals surface area contributed by atoms with Crippen LogP contribution >= 0.6 is 42.9 Å². The molecule has 10 aromatic carbocycles. The van der Waals surface area contributed by atoms with E-state index in [9.17, 15) is 25.5 Å². The molecule has 0 aliphatic carbocycles. The van der Waals surface area contributed by atoms with Gasteiger partial charge in [0.15, 0.2) is 0 Å². The zero-order valence-corrected chi connectivity index (χ0v) is 80.3. The van der Waals surface area contributed by atoms with Gasteiger partial charge in [0.2, 0.25) is 0 Å². The number of hydrogen-bond acceptors (Lipinski definition) is 10. The summed E-state index contributed by atoms with van der Waals surface area (Å²) in [4.78, 5) is 0. The zero-order chi connectivity index (χ0) is 86.2. The lowest BCUT2D eigenvalue weighted by Gasteiger charge is -2.28. The molecule has 0 aliphatic rings. The van der Waals surface area contributed by atoms with Crippen molar-refractivity contribution in [3.05, 3.63) is 263 Å². The average Bonchev–Trinajstić information content (AvgIpc) is 0.778. The molecule has 0 saturated heterocycles. The van der Waals surface area contributed by atoms with Crippen molar-refractivity contribution in [3.8, 4) is 28.7 Å². The van der Waals surface area contributed by atoms with E-state index >= 15 is 0 Å². The zero-order valence-electron chi connectivity index (χ0n) is 75.3. The molecule has 0 aromatic heterocycles. The van der Waals surface area contributed by atoms with E-state index in [-0.39, 0.29) is 21.7 Å². The van der Waals surface area contributed by atoms with Crippen LogP contribution in [0.2, 0.25) is 0 Å². The summed E-state index contributed by atoms with van der Waals surface area (Å²) < 4.78 is 0. The van der Waals surface area contributed by atoms with Gasteiger partial charge >= 0.3 is 0 Å². The smallest absolute Gasteiger partial charge is 0.127 e. The van der Waals surface area contributed by atoms with Crippen LogP contribution in [-0.4, -0.2) is 58.3 Å². The van der Waals surface area contributed by atoms with Gasteiger partial charge in [-0.2, -0.15) is 0 Å². The van der Waals surface area contributed by atoms with Crippen molar-refractivity contribution in [2.45, 2.75) is 241 Å². The Kier molecular flexibility index (Phi) is 38.5. The Morgan fingerprint density at radius 2 is 0.509 bits per heavy atom. The normalized spacial score (nSPS) is 12.1. The van der Waals surface area contributed by atoms with Gasteiger partial charge in [-0.25, -0.2) is 0 Å². The summed E-state index contributed by atoms with van der Waals surface area (Å²) in [6.45, 7) is 67.1. The average molecular weight is 1660 g/mol. The molecule has 0 amide bonds. The number of hydrogen-bond donors (Lipinski definition) is 10. The molecule has 626 valence electrons. The van der Waals surface area contributed by atoms with E-state index in [0.29, 0.717) is 71.7 Å². The molecule has 10 rings (SSSR count). The molecule has 5 atom stereocenters. The number of rotatable bonds is 25. The molecule has 0 spiro atoms. The Morgan fingerprint density at radius 1 is 0.250 bits per heavy atom. The van der Waals surface area contributed by atoms with E-state index in [1.807, 2.05) is 26.0 Å². The molecule has 10 N–H and O–H groups in total. The lowest BCUT2D eigenvalue weighted by atomic mass is 9.80. The summed E-state index contributed by atoms with van der Waals surface area (Å²) >= 11 is 0. The molecule has 0 heterocycles. The maximum Gasteiger partial charge on any atom is 0.127 e. The summed E-state index contributed by atoms with van der Waals surface area (Å²) in [5.74, 6) is 2.21. The molecule has 10 aromatic rings. The van der Waals surface area contributed by atoms with Gasteiger partial charge in [0.25, 0.3) is 0 Å². The first-order valence-electron chi connectivity index (χ1n) is 41.5. The number of phenols is 5. The maximum atomic E-state index is 11.1. The molecule has 10 nitrogen and oxygen atoms in total. The summed E-state index contributed by atoms with van der Waals surface area (Å²) in [6.07, 6.45) is 0. The third-order valence-electron chi connectivity index (χ3n) is 20.5. The largest absolute Gasteiger partial charge is 0.507 e. The molecule has 0 aliphatic heterocycles. The molecule has 15 heteroatoms. The summed E-state index contributed by atoms with van der Waals surface area (Å²) in [5.41, 5.74) is 23.2. The van der Waals surface area contributed by atoms with E-state index in [0.717, 1.165) is 114 Å². The van der Waals surface area contributed by atoms with Crippen molar-refractivity contribution >= 4 is 95.9 Å². The van der Waals surface area contributed by atoms with Crippen LogP contribution in [0.25, 0.3) is 0 Å². The summed E-state index contributed by atoms with van der Waals surface area (Å²) in [7, 11) is 2.36. The van der Waals surface area contributed by atoms with Crippen LogP contribution in [0.4, 0.5) is 0 Å². The Labute approximate surface area is 709 Å². The van der Waals surface area contributed by atoms with Crippen molar-refractivity contribution in [1.29, 1.82) is 0 Å². The van der Waals surface area contributed by atoms with Crippen LogP contribution in [-0.2, 0) is 54.4 Å². The second-order valence-corrected chi connectivity index (χ2v) is 41.3. The van der Waals surface area contributed by atoms with Gasteiger partial charge in [0.05, 0.1) is 0 Å². The fraction of sp³-hybridized carbons (Fsp3) is 0.406. The lowest BCUT2D eigenvalue weighted by Crippen LogP contribution is -2.23. The molecule has 116 heavy (non-hydrogen) atoms. The van der Waals surface area contributed by atoms with Crippen molar-refractivity contribution in [2.75, 3.05) is 32.7 Å². The molecular weight excluding hydrogens is 1520 g/mol.